The highest BCUT2D eigenvalue weighted by Crippen LogP contribution is 2.41. The van der Waals surface area contributed by atoms with Crippen molar-refractivity contribution < 1.29 is 22.7 Å². The second-order valence-corrected chi connectivity index (χ2v) is 6.52. The summed E-state index contributed by atoms with van der Waals surface area (Å²) in [5.74, 6) is 0. The molecule has 1 amide bonds. The van der Waals surface area contributed by atoms with Gasteiger partial charge in [-0.1, -0.05) is 32.4 Å². The normalized spacial score (nSPS) is 26.5. The van der Waals surface area contributed by atoms with E-state index in [1.54, 1.807) is 0 Å². The zero-order chi connectivity index (χ0) is 15.1. The quantitative estimate of drug-likeness (QED) is 0.686. The molecule has 0 aliphatic carbocycles. The van der Waals surface area contributed by atoms with E-state index in [4.69, 9.17) is 0 Å². The van der Waals surface area contributed by atoms with Crippen LogP contribution in [-0.4, -0.2) is 35.9 Å². The number of rotatable bonds is 1. The lowest BCUT2D eigenvalue weighted by molar-refractivity contribution is -0.163. The van der Waals surface area contributed by atoms with Crippen LogP contribution < -0.4 is 0 Å². The van der Waals surface area contributed by atoms with Gasteiger partial charge in [-0.2, -0.15) is 13.2 Å². The van der Waals surface area contributed by atoms with Crippen molar-refractivity contribution >= 4 is 6.09 Å². The fraction of sp³-hybridized carbons (Fsp3) is 0.786. The SMILES string of the molecule is CC(C)(C)C1=CC2CCC(C1)N2C(=O)OCC(F)(F)F. The van der Waals surface area contributed by atoms with Crippen LogP contribution in [0.4, 0.5) is 18.0 Å². The van der Waals surface area contributed by atoms with Crippen molar-refractivity contribution in [3.05, 3.63) is 11.6 Å². The number of alkyl halides is 3. The minimum Gasteiger partial charge on any atom is -0.440 e. The summed E-state index contributed by atoms with van der Waals surface area (Å²) in [7, 11) is 0. The summed E-state index contributed by atoms with van der Waals surface area (Å²) in [5.41, 5.74) is 1.30. The average molecular weight is 291 g/mol. The van der Waals surface area contributed by atoms with Crippen LogP contribution in [0.25, 0.3) is 0 Å². The van der Waals surface area contributed by atoms with Gasteiger partial charge in [0.15, 0.2) is 6.61 Å². The number of halogens is 3. The lowest BCUT2D eigenvalue weighted by atomic mass is 9.81. The van der Waals surface area contributed by atoms with E-state index < -0.39 is 18.9 Å². The van der Waals surface area contributed by atoms with Gasteiger partial charge in [-0.15, -0.1) is 0 Å². The highest BCUT2D eigenvalue weighted by atomic mass is 19.4. The van der Waals surface area contributed by atoms with Gasteiger partial charge in [0.05, 0.1) is 6.04 Å². The van der Waals surface area contributed by atoms with Gasteiger partial charge in [-0.25, -0.2) is 4.79 Å². The number of ether oxygens (including phenoxy) is 1. The summed E-state index contributed by atoms with van der Waals surface area (Å²) in [6, 6.07) is -0.149. The second-order valence-electron chi connectivity index (χ2n) is 6.52. The Labute approximate surface area is 116 Å². The van der Waals surface area contributed by atoms with E-state index in [-0.39, 0.29) is 17.5 Å². The predicted molar refractivity (Wildman–Crippen MR) is 68.2 cm³/mol. The number of carbonyl (C=O) groups excluding carboxylic acids is 1. The summed E-state index contributed by atoms with van der Waals surface area (Å²) >= 11 is 0. The number of carbonyl (C=O) groups is 1. The zero-order valence-electron chi connectivity index (χ0n) is 12.0. The maximum absolute atomic E-state index is 12.1. The molecule has 1 fully saturated rings. The van der Waals surface area contributed by atoms with Crippen LogP contribution in [0.3, 0.4) is 0 Å². The monoisotopic (exact) mass is 291 g/mol. The topological polar surface area (TPSA) is 29.5 Å². The molecule has 2 heterocycles. The molecule has 2 rings (SSSR count). The van der Waals surface area contributed by atoms with E-state index in [1.165, 1.54) is 10.5 Å². The Bertz CT molecular complexity index is 423. The first-order valence-corrected chi connectivity index (χ1v) is 6.81. The molecule has 0 aromatic heterocycles. The van der Waals surface area contributed by atoms with Crippen molar-refractivity contribution in [2.75, 3.05) is 6.61 Å². The lowest BCUT2D eigenvalue weighted by Gasteiger charge is -2.37. The minimum atomic E-state index is -4.48. The van der Waals surface area contributed by atoms with Crippen molar-refractivity contribution in [2.45, 2.75) is 58.3 Å². The van der Waals surface area contributed by atoms with Crippen molar-refractivity contribution in [1.82, 2.24) is 4.90 Å². The van der Waals surface area contributed by atoms with Gasteiger partial charge in [0, 0.05) is 6.04 Å². The molecule has 2 aliphatic heterocycles. The fourth-order valence-corrected chi connectivity index (χ4v) is 2.89. The molecular weight excluding hydrogens is 271 g/mol. The van der Waals surface area contributed by atoms with E-state index in [0.29, 0.717) is 0 Å². The van der Waals surface area contributed by atoms with Gasteiger partial charge in [0.2, 0.25) is 0 Å². The summed E-state index contributed by atoms with van der Waals surface area (Å²) in [5, 5.41) is 0. The molecule has 0 radical (unpaired) electrons. The third kappa shape index (κ3) is 3.27. The van der Waals surface area contributed by atoms with E-state index in [0.717, 1.165) is 19.3 Å². The standard InChI is InChI=1S/C14H20F3NO2/c1-13(2,3)9-6-10-4-5-11(7-9)18(10)12(19)20-8-14(15,16)17/h6,10-11H,4-5,7-8H2,1-3H3. The molecule has 0 aromatic carbocycles. The van der Waals surface area contributed by atoms with Crippen molar-refractivity contribution in [2.24, 2.45) is 5.41 Å². The van der Waals surface area contributed by atoms with Crippen LogP contribution in [0, 0.1) is 5.41 Å². The molecule has 1 saturated heterocycles. The summed E-state index contributed by atoms with van der Waals surface area (Å²) < 4.78 is 40.7. The first-order chi connectivity index (χ1) is 9.08. The number of amides is 1. The van der Waals surface area contributed by atoms with Gasteiger partial charge in [0.25, 0.3) is 0 Å². The van der Waals surface area contributed by atoms with Crippen LogP contribution in [0.1, 0.15) is 40.0 Å². The van der Waals surface area contributed by atoms with E-state index in [1.807, 2.05) is 6.08 Å². The van der Waals surface area contributed by atoms with Crippen LogP contribution in [-0.2, 0) is 4.74 Å². The van der Waals surface area contributed by atoms with Gasteiger partial charge in [-0.05, 0) is 24.7 Å². The molecule has 2 unspecified atom stereocenters. The number of hydrogen-bond acceptors (Lipinski definition) is 2. The molecule has 2 atom stereocenters. The Morgan fingerprint density at radius 2 is 2.00 bits per heavy atom. The third-order valence-electron chi connectivity index (χ3n) is 3.93. The second kappa shape index (κ2) is 4.97. The van der Waals surface area contributed by atoms with Crippen LogP contribution in [0.2, 0.25) is 0 Å². The van der Waals surface area contributed by atoms with Crippen molar-refractivity contribution in [3.63, 3.8) is 0 Å². The molecule has 3 nitrogen and oxygen atoms in total. The third-order valence-corrected chi connectivity index (χ3v) is 3.93. The van der Waals surface area contributed by atoms with E-state index >= 15 is 0 Å². The summed E-state index contributed by atoms with van der Waals surface area (Å²) in [6.07, 6.45) is -0.956. The van der Waals surface area contributed by atoms with Gasteiger partial charge in [0.1, 0.15) is 0 Å². The smallest absolute Gasteiger partial charge is 0.422 e. The van der Waals surface area contributed by atoms with E-state index in [9.17, 15) is 18.0 Å². The minimum absolute atomic E-state index is 0.0278. The maximum Gasteiger partial charge on any atom is 0.422 e. The highest BCUT2D eigenvalue weighted by molar-refractivity contribution is 5.70. The van der Waals surface area contributed by atoms with Crippen molar-refractivity contribution in [1.29, 1.82) is 0 Å². The average Bonchev–Trinajstić information content (AvgIpc) is 2.54. The Hall–Kier alpha value is -1.20. The largest absolute Gasteiger partial charge is 0.440 e. The first kappa shape index (κ1) is 15.2. The van der Waals surface area contributed by atoms with Crippen molar-refractivity contribution in [3.8, 4) is 0 Å². The molecule has 114 valence electrons. The number of fused-ring (bicyclic) bond motifs is 2. The van der Waals surface area contributed by atoms with Gasteiger partial charge < -0.3 is 4.74 Å². The predicted octanol–water partition coefficient (Wildman–Crippen LogP) is 3.89. The summed E-state index contributed by atoms with van der Waals surface area (Å²) in [6.45, 7) is 4.80. The molecule has 6 heteroatoms. The van der Waals surface area contributed by atoms with Crippen LogP contribution in [0.5, 0.6) is 0 Å². The lowest BCUT2D eigenvalue weighted by Crippen LogP contribution is -2.45. The Morgan fingerprint density at radius 3 is 2.50 bits per heavy atom. The molecule has 2 bridgehead atoms. The van der Waals surface area contributed by atoms with Gasteiger partial charge in [-0.3, -0.25) is 4.90 Å². The fourth-order valence-electron chi connectivity index (χ4n) is 2.89. The Kier molecular flexibility index (Phi) is 3.77. The van der Waals surface area contributed by atoms with Gasteiger partial charge >= 0.3 is 12.3 Å². The molecule has 0 N–H and O–H groups in total. The van der Waals surface area contributed by atoms with E-state index in [2.05, 4.69) is 25.5 Å². The Morgan fingerprint density at radius 1 is 1.35 bits per heavy atom. The molecular formula is C14H20F3NO2. The molecule has 20 heavy (non-hydrogen) atoms. The molecule has 2 aliphatic rings. The maximum atomic E-state index is 12.1. The van der Waals surface area contributed by atoms with Crippen LogP contribution >= 0.6 is 0 Å². The first-order valence-electron chi connectivity index (χ1n) is 6.81. The summed E-state index contributed by atoms with van der Waals surface area (Å²) in [4.78, 5) is 13.3. The zero-order valence-corrected chi connectivity index (χ0v) is 12.0. The number of hydrogen-bond donors (Lipinski definition) is 0. The highest BCUT2D eigenvalue weighted by Gasteiger charge is 2.43. The number of nitrogens with zero attached hydrogens (tertiary/aromatic N) is 1. The molecule has 0 saturated carbocycles. The van der Waals surface area contributed by atoms with Crippen LogP contribution in [0.15, 0.2) is 11.6 Å². The molecule has 0 aromatic rings. The molecule has 0 spiro atoms. The Balaban J connectivity index is 2.05.